The number of nitrogens with zero attached hydrogens (tertiary/aromatic N) is 2. The molecule has 2 aliphatic rings. The molecule has 1 heterocycles. The van der Waals surface area contributed by atoms with Crippen molar-refractivity contribution in [1.29, 1.82) is 0 Å². The van der Waals surface area contributed by atoms with Crippen molar-refractivity contribution >= 4 is 17.5 Å². The molecule has 3 unspecified atom stereocenters. The standard InChI is InChI=1S/C21H23N3O4/c25-21(22-18-8-4-5-9-20(18)24(26)27)28-14-17-16-10-11-19(17)23(13-16)12-15-6-2-1-3-7-15/h1-9,16-17,19H,10-14H2,(H,22,25). The van der Waals surface area contributed by atoms with Crippen molar-refractivity contribution in [2.75, 3.05) is 18.5 Å². The van der Waals surface area contributed by atoms with Gasteiger partial charge in [0.2, 0.25) is 0 Å². The summed E-state index contributed by atoms with van der Waals surface area (Å²) in [4.78, 5) is 25.2. The van der Waals surface area contributed by atoms with Crippen LogP contribution in [0.5, 0.6) is 0 Å². The van der Waals surface area contributed by atoms with Crippen LogP contribution in [0.25, 0.3) is 0 Å². The first kappa shape index (κ1) is 18.4. The van der Waals surface area contributed by atoms with Crippen LogP contribution in [-0.4, -0.2) is 35.1 Å². The van der Waals surface area contributed by atoms with Crippen LogP contribution in [0.15, 0.2) is 54.6 Å². The van der Waals surface area contributed by atoms with E-state index in [1.54, 1.807) is 12.1 Å². The Hall–Kier alpha value is -2.93. The van der Waals surface area contributed by atoms with Crippen molar-refractivity contribution in [3.05, 3.63) is 70.3 Å². The first-order valence-electron chi connectivity index (χ1n) is 9.57. The number of anilines is 1. The molecule has 2 bridgehead atoms. The Morgan fingerprint density at radius 1 is 1.14 bits per heavy atom. The molecule has 1 aliphatic heterocycles. The summed E-state index contributed by atoms with van der Waals surface area (Å²) in [6.07, 6.45) is 1.64. The Morgan fingerprint density at radius 3 is 2.68 bits per heavy atom. The fraction of sp³-hybridized carbons (Fsp3) is 0.381. The molecule has 28 heavy (non-hydrogen) atoms. The minimum absolute atomic E-state index is 0.144. The van der Waals surface area contributed by atoms with Crippen molar-refractivity contribution in [3.8, 4) is 0 Å². The zero-order valence-electron chi connectivity index (χ0n) is 15.5. The third-order valence-electron chi connectivity index (χ3n) is 5.84. The van der Waals surface area contributed by atoms with Crippen molar-refractivity contribution in [2.45, 2.75) is 25.4 Å². The molecule has 1 saturated heterocycles. The minimum atomic E-state index is -0.643. The molecule has 3 atom stereocenters. The van der Waals surface area contributed by atoms with Gasteiger partial charge in [-0.2, -0.15) is 0 Å². The van der Waals surface area contributed by atoms with E-state index >= 15 is 0 Å². The van der Waals surface area contributed by atoms with Gasteiger partial charge in [-0.15, -0.1) is 0 Å². The molecule has 4 rings (SSSR count). The van der Waals surface area contributed by atoms with Crippen LogP contribution in [0.4, 0.5) is 16.2 Å². The lowest BCUT2D eigenvalue weighted by atomic mass is 9.99. The number of likely N-dealkylation sites (tertiary alicyclic amines) is 1. The largest absolute Gasteiger partial charge is 0.449 e. The maximum Gasteiger partial charge on any atom is 0.411 e. The molecule has 2 aromatic carbocycles. The summed E-state index contributed by atoms with van der Waals surface area (Å²) in [5, 5.41) is 13.6. The topological polar surface area (TPSA) is 84.7 Å². The number of hydrogen-bond donors (Lipinski definition) is 1. The summed E-state index contributed by atoms with van der Waals surface area (Å²) in [6.45, 7) is 2.29. The van der Waals surface area contributed by atoms with Gasteiger partial charge in [0.05, 0.1) is 11.5 Å². The fourth-order valence-corrected chi connectivity index (χ4v) is 4.55. The van der Waals surface area contributed by atoms with E-state index in [-0.39, 0.29) is 11.4 Å². The normalized spacial score (nSPS) is 23.5. The SMILES string of the molecule is O=C(Nc1ccccc1[N+](=O)[O-])OCC1C2CCC1N(Cc1ccccc1)C2. The molecule has 1 amide bonds. The Labute approximate surface area is 163 Å². The third-order valence-corrected chi connectivity index (χ3v) is 5.84. The number of fused-ring (bicyclic) bond motifs is 2. The molecule has 2 aromatic rings. The van der Waals surface area contributed by atoms with E-state index in [9.17, 15) is 14.9 Å². The molecule has 0 aromatic heterocycles. The monoisotopic (exact) mass is 381 g/mol. The van der Waals surface area contributed by atoms with Crippen molar-refractivity contribution in [2.24, 2.45) is 11.8 Å². The lowest BCUT2D eigenvalue weighted by Crippen LogP contribution is -2.33. The van der Waals surface area contributed by atoms with Crippen LogP contribution >= 0.6 is 0 Å². The zero-order valence-corrected chi connectivity index (χ0v) is 15.5. The number of piperidine rings is 1. The number of nitro benzene ring substituents is 1. The zero-order chi connectivity index (χ0) is 19.5. The van der Waals surface area contributed by atoms with E-state index in [0.29, 0.717) is 24.5 Å². The molecule has 1 aliphatic carbocycles. The van der Waals surface area contributed by atoms with E-state index in [0.717, 1.165) is 25.9 Å². The molecule has 7 nitrogen and oxygen atoms in total. The summed E-state index contributed by atoms with van der Waals surface area (Å²) in [5.41, 5.74) is 1.30. The van der Waals surface area contributed by atoms with E-state index in [2.05, 4.69) is 34.5 Å². The van der Waals surface area contributed by atoms with E-state index in [1.165, 1.54) is 17.7 Å². The first-order valence-corrected chi connectivity index (χ1v) is 9.57. The van der Waals surface area contributed by atoms with Crippen LogP contribution in [0.3, 0.4) is 0 Å². The summed E-state index contributed by atoms with van der Waals surface area (Å²) in [6, 6.07) is 16.9. The van der Waals surface area contributed by atoms with E-state index in [1.807, 2.05) is 6.07 Å². The number of nitrogens with one attached hydrogen (secondary N) is 1. The molecular formula is C21H23N3O4. The maximum absolute atomic E-state index is 12.2. The molecule has 1 saturated carbocycles. The van der Waals surface area contributed by atoms with Crippen LogP contribution < -0.4 is 5.32 Å². The van der Waals surface area contributed by atoms with Gasteiger partial charge in [0.15, 0.2) is 0 Å². The average Bonchev–Trinajstić information content (AvgIpc) is 3.24. The van der Waals surface area contributed by atoms with Crippen LogP contribution in [0, 0.1) is 22.0 Å². The minimum Gasteiger partial charge on any atom is -0.449 e. The number of rotatable bonds is 6. The number of carbonyl (C=O) groups is 1. The Morgan fingerprint density at radius 2 is 1.89 bits per heavy atom. The molecular weight excluding hydrogens is 358 g/mol. The Bertz CT molecular complexity index is 858. The van der Waals surface area contributed by atoms with Gasteiger partial charge >= 0.3 is 6.09 Å². The highest BCUT2D eigenvalue weighted by Crippen LogP contribution is 2.43. The van der Waals surface area contributed by atoms with E-state index in [4.69, 9.17) is 4.74 Å². The third kappa shape index (κ3) is 3.84. The smallest absolute Gasteiger partial charge is 0.411 e. The van der Waals surface area contributed by atoms with Gasteiger partial charge in [0.1, 0.15) is 5.69 Å². The Balaban J connectivity index is 1.33. The molecule has 2 fully saturated rings. The van der Waals surface area contributed by atoms with Gasteiger partial charge in [-0.25, -0.2) is 4.79 Å². The van der Waals surface area contributed by atoms with Gasteiger partial charge < -0.3 is 4.74 Å². The van der Waals surface area contributed by atoms with E-state index < -0.39 is 11.0 Å². The second kappa shape index (κ2) is 7.98. The van der Waals surface area contributed by atoms with Gasteiger partial charge in [-0.1, -0.05) is 42.5 Å². The molecule has 1 N–H and O–H groups in total. The van der Waals surface area contributed by atoms with Crippen LogP contribution in [0.1, 0.15) is 18.4 Å². The summed E-state index contributed by atoms with van der Waals surface area (Å²) >= 11 is 0. The van der Waals surface area contributed by atoms with Crippen LogP contribution in [-0.2, 0) is 11.3 Å². The average molecular weight is 381 g/mol. The van der Waals surface area contributed by atoms with Gasteiger partial charge in [0, 0.05) is 31.1 Å². The highest BCUT2D eigenvalue weighted by Gasteiger charge is 2.47. The van der Waals surface area contributed by atoms with Crippen molar-refractivity contribution in [1.82, 2.24) is 4.90 Å². The fourth-order valence-electron chi connectivity index (χ4n) is 4.55. The number of carbonyl (C=O) groups excluding carboxylic acids is 1. The summed E-state index contributed by atoms with van der Waals surface area (Å²) in [7, 11) is 0. The lowest BCUT2D eigenvalue weighted by molar-refractivity contribution is -0.383. The number of nitro groups is 1. The first-order chi connectivity index (χ1) is 13.6. The number of hydrogen-bond acceptors (Lipinski definition) is 5. The quantitative estimate of drug-likeness (QED) is 0.603. The van der Waals surface area contributed by atoms with Gasteiger partial charge in [-0.05, 0) is 30.4 Å². The lowest BCUT2D eigenvalue weighted by Gasteiger charge is -2.27. The highest BCUT2D eigenvalue weighted by molar-refractivity contribution is 5.87. The second-order valence-electron chi connectivity index (χ2n) is 7.48. The number of benzene rings is 2. The molecule has 146 valence electrons. The number of ether oxygens (including phenoxy) is 1. The predicted molar refractivity (Wildman–Crippen MR) is 105 cm³/mol. The number of amides is 1. The molecule has 7 heteroatoms. The Kier molecular flexibility index (Phi) is 5.25. The highest BCUT2D eigenvalue weighted by atomic mass is 16.6. The van der Waals surface area contributed by atoms with Crippen molar-refractivity contribution in [3.63, 3.8) is 0 Å². The van der Waals surface area contributed by atoms with Gasteiger partial charge in [-0.3, -0.25) is 20.3 Å². The maximum atomic E-state index is 12.2. The summed E-state index contributed by atoms with van der Waals surface area (Å²) in [5.74, 6) is 0.854. The van der Waals surface area contributed by atoms with Crippen LogP contribution in [0.2, 0.25) is 0 Å². The number of para-hydroxylation sites is 2. The van der Waals surface area contributed by atoms with Crippen molar-refractivity contribution < 1.29 is 14.5 Å². The second-order valence-corrected chi connectivity index (χ2v) is 7.48. The molecule has 0 radical (unpaired) electrons. The summed E-state index contributed by atoms with van der Waals surface area (Å²) < 4.78 is 5.44. The predicted octanol–water partition coefficient (Wildman–Crippen LogP) is 4.05. The van der Waals surface area contributed by atoms with Gasteiger partial charge in [0.25, 0.3) is 5.69 Å². The molecule has 0 spiro atoms.